The summed E-state index contributed by atoms with van der Waals surface area (Å²) < 4.78 is 13.2. The zero-order valence-electron chi connectivity index (χ0n) is 25.8. The number of ether oxygens (including phenoxy) is 2. The maximum absolute atomic E-state index is 6.70. The Hall–Kier alpha value is -6.14. The molecule has 47 heavy (non-hydrogen) atoms. The molecule has 0 spiro atoms. The molecule has 1 aliphatic carbocycles. The molecular weight excluding hydrogens is 580 g/mol. The standard InChI is InChI=1S/C41H28N4O2/c1-41(2)31-18-7-6-16-29(31)30-23-35-36(24-32(30)41)46-34-20-11-17-28(37(34)47-35)26-14-10-15-27(22-26)39-43-38(25-12-4-3-5-13-25)44-40(45-39)33-19-8-9-21-42-33/h3-24H,1-2H3. The Balaban J connectivity index is 1.13. The van der Waals surface area contributed by atoms with Crippen LogP contribution in [0, 0.1) is 0 Å². The molecule has 9 rings (SSSR count). The molecule has 0 fully saturated rings. The fraction of sp³-hybridized carbons (Fsp3) is 0.0732. The highest BCUT2D eigenvalue weighted by Crippen LogP contribution is 2.56. The minimum atomic E-state index is -0.126. The van der Waals surface area contributed by atoms with E-state index in [9.17, 15) is 0 Å². The highest BCUT2D eigenvalue weighted by Gasteiger charge is 2.37. The van der Waals surface area contributed by atoms with Crippen molar-refractivity contribution in [2.24, 2.45) is 0 Å². The second-order valence-corrected chi connectivity index (χ2v) is 12.3. The van der Waals surface area contributed by atoms with Gasteiger partial charge < -0.3 is 9.47 Å². The molecule has 0 radical (unpaired) electrons. The molecule has 0 N–H and O–H groups in total. The normalized spacial score (nSPS) is 13.4. The van der Waals surface area contributed by atoms with Gasteiger partial charge in [0.15, 0.2) is 40.5 Å². The number of pyridine rings is 1. The van der Waals surface area contributed by atoms with E-state index in [0.717, 1.165) is 28.0 Å². The van der Waals surface area contributed by atoms with Crippen LogP contribution in [0.4, 0.5) is 0 Å². The molecule has 7 aromatic rings. The van der Waals surface area contributed by atoms with Gasteiger partial charge in [-0.15, -0.1) is 0 Å². The summed E-state index contributed by atoms with van der Waals surface area (Å²) in [6.45, 7) is 4.53. The number of fused-ring (bicyclic) bond motifs is 5. The molecule has 5 aromatic carbocycles. The highest BCUT2D eigenvalue weighted by atomic mass is 16.6. The van der Waals surface area contributed by atoms with Gasteiger partial charge in [0.2, 0.25) is 0 Å². The summed E-state index contributed by atoms with van der Waals surface area (Å²) in [7, 11) is 0. The highest BCUT2D eigenvalue weighted by molar-refractivity contribution is 5.85. The Bertz CT molecular complexity index is 2280. The van der Waals surface area contributed by atoms with Crippen molar-refractivity contribution in [3.8, 4) is 79.5 Å². The van der Waals surface area contributed by atoms with Gasteiger partial charge in [-0.25, -0.2) is 15.0 Å². The number of hydrogen-bond acceptors (Lipinski definition) is 6. The third kappa shape index (κ3) is 4.49. The first kappa shape index (κ1) is 27.2. The molecule has 3 heterocycles. The zero-order valence-corrected chi connectivity index (χ0v) is 25.8. The van der Waals surface area contributed by atoms with Gasteiger partial charge in [0.05, 0.1) is 0 Å². The minimum Gasteiger partial charge on any atom is -0.449 e. The molecule has 0 atom stereocenters. The number of benzene rings is 5. The van der Waals surface area contributed by atoms with Crippen molar-refractivity contribution in [3.63, 3.8) is 0 Å². The van der Waals surface area contributed by atoms with Crippen molar-refractivity contribution in [3.05, 3.63) is 145 Å². The van der Waals surface area contributed by atoms with Crippen LogP contribution < -0.4 is 9.47 Å². The molecule has 2 aliphatic rings. The Kier molecular flexibility index (Phi) is 6.05. The van der Waals surface area contributed by atoms with Crippen molar-refractivity contribution in [2.75, 3.05) is 0 Å². The summed E-state index contributed by atoms with van der Waals surface area (Å²) in [5.74, 6) is 4.45. The van der Waals surface area contributed by atoms with E-state index >= 15 is 0 Å². The van der Waals surface area contributed by atoms with Gasteiger partial charge in [-0.2, -0.15) is 0 Å². The lowest BCUT2D eigenvalue weighted by molar-refractivity contribution is 0.360. The molecule has 6 nitrogen and oxygen atoms in total. The Morgan fingerprint density at radius 1 is 0.468 bits per heavy atom. The maximum Gasteiger partial charge on any atom is 0.182 e. The number of hydrogen-bond donors (Lipinski definition) is 0. The molecule has 6 heteroatoms. The maximum atomic E-state index is 6.70. The minimum absolute atomic E-state index is 0.126. The molecule has 0 saturated heterocycles. The van der Waals surface area contributed by atoms with E-state index in [1.54, 1.807) is 6.20 Å². The number of para-hydroxylation sites is 1. The van der Waals surface area contributed by atoms with Crippen molar-refractivity contribution in [1.82, 2.24) is 19.9 Å². The van der Waals surface area contributed by atoms with E-state index in [2.05, 4.69) is 73.4 Å². The van der Waals surface area contributed by atoms with E-state index in [0.29, 0.717) is 40.4 Å². The second kappa shape index (κ2) is 10.5. The largest absolute Gasteiger partial charge is 0.449 e. The molecule has 0 saturated carbocycles. The van der Waals surface area contributed by atoms with Crippen LogP contribution in [0.2, 0.25) is 0 Å². The van der Waals surface area contributed by atoms with Crippen molar-refractivity contribution in [1.29, 1.82) is 0 Å². The van der Waals surface area contributed by atoms with Crippen LogP contribution in [0.5, 0.6) is 23.0 Å². The first-order chi connectivity index (χ1) is 23.0. The van der Waals surface area contributed by atoms with Gasteiger partial charge in [-0.3, -0.25) is 4.98 Å². The number of rotatable bonds is 4. The number of nitrogens with zero attached hydrogens (tertiary/aromatic N) is 4. The first-order valence-electron chi connectivity index (χ1n) is 15.6. The van der Waals surface area contributed by atoms with Crippen LogP contribution in [0.3, 0.4) is 0 Å². The van der Waals surface area contributed by atoms with Gasteiger partial charge >= 0.3 is 0 Å². The van der Waals surface area contributed by atoms with Crippen LogP contribution in [-0.2, 0) is 5.41 Å². The average molecular weight is 609 g/mol. The predicted octanol–water partition coefficient (Wildman–Crippen LogP) is 10.1. The molecule has 224 valence electrons. The SMILES string of the molecule is CC1(C)c2ccccc2-c2cc3c(cc21)Oc1cccc(-c2cccc(-c4nc(-c5ccccc5)nc(-c5ccccn5)n4)c2)c1O3. The van der Waals surface area contributed by atoms with Crippen LogP contribution in [0.15, 0.2) is 134 Å². The predicted molar refractivity (Wildman–Crippen MR) is 184 cm³/mol. The first-order valence-corrected chi connectivity index (χ1v) is 15.6. The Morgan fingerprint density at radius 3 is 2.00 bits per heavy atom. The molecule has 0 unspecified atom stereocenters. The molecule has 2 aromatic heterocycles. The van der Waals surface area contributed by atoms with Gasteiger partial charge in [-0.1, -0.05) is 105 Å². The molecule has 1 aliphatic heterocycles. The van der Waals surface area contributed by atoms with Crippen molar-refractivity contribution >= 4 is 0 Å². The number of aromatic nitrogens is 4. The van der Waals surface area contributed by atoms with Crippen LogP contribution in [0.1, 0.15) is 25.0 Å². The monoisotopic (exact) mass is 608 g/mol. The third-order valence-corrected chi connectivity index (χ3v) is 9.05. The van der Waals surface area contributed by atoms with Crippen LogP contribution in [-0.4, -0.2) is 19.9 Å². The summed E-state index contributed by atoms with van der Waals surface area (Å²) in [4.78, 5) is 19.1. The quantitative estimate of drug-likeness (QED) is 0.198. The molecular formula is C41H28N4O2. The van der Waals surface area contributed by atoms with E-state index in [-0.39, 0.29) is 5.41 Å². The fourth-order valence-corrected chi connectivity index (χ4v) is 6.68. The lowest BCUT2D eigenvalue weighted by atomic mass is 9.82. The summed E-state index contributed by atoms with van der Waals surface area (Å²) in [6, 6.07) is 42.7. The summed E-state index contributed by atoms with van der Waals surface area (Å²) >= 11 is 0. The van der Waals surface area contributed by atoms with Crippen molar-refractivity contribution < 1.29 is 9.47 Å². The van der Waals surface area contributed by atoms with E-state index in [1.165, 1.54) is 22.3 Å². The van der Waals surface area contributed by atoms with Gasteiger partial charge in [-0.05, 0) is 64.2 Å². The van der Waals surface area contributed by atoms with E-state index in [4.69, 9.17) is 24.4 Å². The topological polar surface area (TPSA) is 70.0 Å². The van der Waals surface area contributed by atoms with Gasteiger partial charge in [0.25, 0.3) is 0 Å². The van der Waals surface area contributed by atoms with E-state index in [1.807, 2.05) is 72.8 Å². The summed E-state index contributed by atoms with van der Waals surface area (Å²) in [5, 5.41) is 0. The zero-order chi connectivity index (χ0) is 31.5. The summed E-state index contributed by atoms with van der Waals surface area (Å²) in [5.41, 5.74) is 9.17. The van der Waals surface area contributed by atoms with Crippen LogP contribution in [0.25, 0.3) is 56.5 Å². The van der Waals surface area contributed by atoms with E-state index < -0.39 is 0 Å². The van der Waals surface area contributed by atoms with Crippen molar-refractivity contribution in [2.45, 2.75) is 19.3 Å². The average Bonchev–Trinajstić information content (AvgIpc) is 3.35. The lowest BCUT2D eigenvalue weighted by Crippen LogP contribution is -2.15. The van der Waals surface area contributed by atoms with Gasteiger partial charge in [0, 0.05) is 28.3 Å². The fourth-order valence-electron chi connectivity index (χ4n) is 6.68. The van der Waals surface area contributed by atoms with Gasteiger partial charge in [0.1, 0.15) is 5.69 Å². The second-order valence-electron chi connectivity index (χ2n) is 12.3. The Morgan fingerprint density at radius 2 is 1.15 bits per heavy atom. The molecule has 0 amide bonds. The Labute approximate surface area is 272 Å². The smallest absolute Gasteiger partial charge is 0.182 e. The molecule has 0 bridgehead atoms. The van der Waals surface area contributed by atoms with Crippen LogP contribution >= 0.6 is 0 Å². The third-order valence-electron chi connectivity index (χ3n) is 9.05. The summed E-state index contributed by atoms with van der Waals surface area (Å²) in [6.07, 6.45) is 1.74. The lowest BCUT2D eigenvalue weighted by Gasteiger charge is -2.26.